The molecule has 4 rings (SSSR count). The normalized spacial score (nSPS) is 10.7. The van der Waals surface area contributed by atoms with Crippen LogP contribution in [0.15, 0.2) is 90.2 Å². The Morgan fingerprint density at radius 2 is 1.93 bits per heavy atom. The summed E-state index contributed by atoms with van der Waals surface area (Å²) in [7, 11) is 0. The number of amides is 1. The molecule has 0 saturated heterocycles. The minimum absolute atomic E-state index is 0.0842. The zero-order chi connectivity index (χ0) is 18.5. The molecule has 0 unspecified atom stereocenters. The van der Waals surface area contributed by atoms with E-state index in [9.17, 15) is 4.79 Å². The number of rotatable bonds is 6. The van der Waals surface area contributed by atoms with Crippen LogP contribution in [0.4, 0.5) is 0 Å². The Bertz CT molecular complexity index is 996. The summed E-state index contributed by atoms with van der Waals surface area (Å²) >= 11 is 0. The number of pyridine rings is 1. The highest BCUT2D eigenvalue weighted by atomic mass is 16.3. The van der Waals surface area contributed by atoms with Crippen LogP contribution in [-0.2, 0) is 13.1 Å². The fourth-order valence-electron chi connectivity index (χ4n) is 2.86. The van der Waals surface area contributed by atoms with Gasteiger partial charge in [-0.25, -0.2) is 9.97 Å². The van der Waals surface area contributed by atoms with Crippen molar-refractivity contribution < 1.29 is 9.21 Å². The van der Waals surface area contributed by atoms with E-state index in [1.807, 2.05) is 42.5 Å². The molecule has 0 aliphatic rings. The number of hydrogen-bond donors (Lipinski definition) is 0. The number of nitrogens with zero attached hydrogens (tertiary/aromatic N) is 4. The Morgan fingerprint density at radius 1 is 1.04 bits per heavy atom. The van der Waals surface area contributed by atoms with Gasteiger partial charge >= 0.3 is 0 Å². The van der Waals surface area contributed by atoms with Gasteiger partial charge < -0.3 is 9.32 Å². The summed E-state index contributed by atoms with van der Waals surface area (Å²) in [6.45, 7) is 0.882. The molecule has 0 atom stereocenters. The first kappa shape index (κ1) is 16.8. The highest BCUT2D eigenvalue weighted by Gasteiger charge is 2.18. The molecule has 134 valence electrons. The van der Waals surface area contributed by atoms with Crippen molar-refractivity contribution in [3.63, 3.8) is 0 Å². The van der Waals surface area contributed by atoms with Crippen LogP contribution >= 0.6 is 0 Å². The molecule has 6 nitrogen and oxygen atoms in total. The molecule has 0 saturated carbocycles. The Balaban J connectivity index is 1.62. The van der Waals surface area contributed by atoms with E-state index in [0.717, 1.165) is 11.3 Å². The summed E-state index contributed by atoms with van der Waals surface area (Å²) in [6, 6.07) is 17.1. The average Bonchev–Trinajstić information content (AvgIpc) is 3.42. The lowest BCUT2D eigenvalue weighted by molar-refractivity contribution is 0.0717. The van der Waals surface area contributed by atoms with Crippen LogP contribution in [0.25, 0.3) is 5.82 Å². The maximum Gasteiger partial charge on any atom is 0.254 e. The van der Waals surface area contributed by atoms with Crippen molar-refractivity contribution in [3.8, 4) is 5.82 Å². The molecule has 1 amide bonds. The van der Waals surface area contributed by atoms with Crippen LogP contribution in [0.5, 0.6) is 0 Å². The third-order valence-electron chi connectivity index (χ3n) is 4.19. The predicted molar refractivity (Wildman–Crippen MR) is 100 cm³/mol. The summed E-state index contributed by atoms with van der Waals surface area (Å²) < 4.78 is 7.22. The van der Waals surface area contributed by atoms with E-state index >= 15 is 0 Å². The van der Waals surface area contributed by atoms with Gasteiger partial charge in [-0.3, -0.25) is 9.36 Å². The predicted octanol–water partition coefficient (Wildman–Crippen LogP) is 3.70. The number of imidazole rings is 1. The Hall–Kier alpha value is -3.67. The van der Waals surface area contributed by atoms with Gasteiger partial charge in [0, 0.05) is 30.7 Å². The lowest BCUT2D eigenvalue weighted by Crippen LogP contribution is -2.30. The van der Waals surface area contributed by atoms with Gasteiger partial charge in [-0.05, 0) is 29.8 Å². The number of carbonyl (C=O) groups is 1. The summed E-state index contributed by atoms with van der Waals surface area (Å²) in [5, 5.41) is 0. The Labute approximate surface area is 156 Å². The molecule has 3 heterocycles. The van der Waals surface area contributed by atoms with Crippen molar-refractivity contribution in [1.82, 2.24) is 19.4 Å². The van der Waals surface area contributed by atoms with E-state index in [1.54, 1.807) is 52.8 Å². The van der Waals surface area contributed by atoms with Gasteiger partial charge in [0.2, 0.25) is 0 Å². The molecular weight excluding hydrogens is 340 g/mol. The first-order valence-corrected chi connectivity index (χ1v) is 8.59. The molecular formula is C21H18N4O2. The van der Waals surface area contributed by atoms with E-state index in [-0.39, 0.29) is 5.91 Å². The quantitative estimate of drug-likeness (QED) is 0.527. The van der Waals surface area contributed by atoms with Gasteiger partial charge in [0.1, 0.15) is 17.9 Å². The maximum atomic E-state index is 13.2. The zero-order valence-corrected chi connectivity index (χ0v) is 14.6. The fraction of sp³-hybridized carbons (Fsp3) is 0.0952. The molecule has 0 fully saturated rings. The van der Waals surface area contributed by atoms with Crippen molar-refractivity contribution in [2.75, 3.05) is 0 Å². The summed E-state index contributed by atoms with van der Waals surface area (Å²) in [4.78, 5) is 23.3. The van der Waals surface area contributed by atoms with Gasteiger partial charge in [-0.2, -0.15) is 0 Å². The second-order valence-electron chi connectivity index (χ2n) is 6.10. The van der Waals surface area contributed by atoms with Crippen LogP contribution in [0, 0.1) is 0 Å². The molecule has 1 aromatic carbocycles. The third-order valence-corrected chi connectivity index (χ3v) is 4.19. The summed E-state index contributed by atoms with van der Waals surface area (Å²) in [5.41, 5.74) is 1.62. The molecule has 0 aliphatic carbocycles. The van der Waals surface area contributed by atoms with Gasteiger partial charge in [0.15, 0.2) is 0 Å². The van der Waals surface area contributed by atoms with E-state index in [0.29, 0.717) is 24.5 Å². The second kappa shape index (κ2) is 7.70. The SMILES string of the molecule is O=C(c1ccnc(-n2ccnc2)c1)N(Cc1ccccc1)Cc1ccco1. The minimum atomic E-state index is -0.0842. The van der Waals surface area contributed by atoms with Crippen molar-refractivity contribution in [3.05, 3.63) is 103 Å². The van der Waals surface area contributed by atoms with Gasteiger partial charge in [-0.15, -0.1) is 0 Å². The number of aromatic nitrogens is 3. The number of hydrogen-bond acceptors (Lipinski definition) is 4. The Morgan fingerprint density at radius 3 is 2.67 bits per heavy atom. The number of carbonyl (C=O) groups excluding carboxylic acids is 1. The lowest BCUT2D eigenvalue weighted by Gasteiger charge is -2.22. The van der Waals surface area contributed by atoms with E-state index < -0.39 is 0 Å². The van der Waals surface area contributed by atoms with Crippen molar-refractivity contribution in [1.29, 1.82) is 0 Å². The van der Waals surface area contributed by atoms with Crippen LogP contribution in [0.3, 0.4) is 0 Å². The molecule has 6 heteroatoms. The molecule has 0 spiro atoms. The molecule has 0 radical (unpaired) electrons. The topological polar surface area (TPSA) is 64.2 Å². The third kappa shape index (κ3) is 3.95. The molecule has 0 bridgehead atoms. The van der Waals surface area contributed by atoms with Crippen LogP contribution in [-0.4, -0.2) is 25.3 Å². The first-order valence-electron chi connectivity index (χ1n) is 8.59. The molecule has 0 aliphatic heterocycles. The minimum Gasteiger partial charge on any atom is -0.467 e. The largest absolute Gasteiger partial charge is 0.467 e. The fourth-order valence-corrected chi connectivity index (χ4v) is 2.86. The Kier molecular flexibility index (Phi) is 4.78. The maximum absolute atomic E-state index is 13.2. The molecule has 4 aromatic rings. The molecule has 3 aromatic heterocycles. The smallest absolute Gasteiger partial charge is 0.254 e. The van der Waals surface area contributed by atoms with Gasteiger partial charge in [0.05, 0.1) is 12.8 Å². The first-order chi connectivity index (χ1) is 13.3. The van der Waals surface area contributed by atoms with Crippen LogP contribution in [0.2, 0.25) is 0 Å². The van der Waals surface area contributed by atoms with Crippen LogP contribution in [0.1, 0.15) is 21.7 Å². The van der Waals surface area contributed by atoms with Gasteiger partial charge in [0.25, 0.3) is 5.91 Å². The highest BCUT2D eigenvalue weighted by molar-refractivity contribution is 5.94. The van der Waals surface area contributed by atoms with E-state index in [2.05, 4.69) is 9.97 Å². The van der Waals surface area contributed by atoms with Crippen LogP contribution < -0.4 is 0 Å². The summed E-state index contributed by atoms with van der Waals surface area (Å²) in [6.07, 6.45) is 8.37. The number of benzene rings is 1. The lowest BCUT2D eigenvalue weighted by atomic mass is 10.1. The average molecular weight is 358 g/mol. The van der Waals surface area contributed by atoms with Crippen molar-refractivity contribution >= 4 is 5.91 Å². The summed E-state index contributed by atoms with van der Waals surface area (Å²) in [5.74, 6) is 1.30. The second-order valence-corrected chi connectivity index (χ2v) is 6.10. The van der Waals surface area contributed by atoms with Crippen molar-refractivity contribution in [2.45, 2.75) is 13.1 Å². The monoisotopic (exact) mass is 358 g/mol. The van der Waals surface area contributed by atoms with E-state index in [1.165, 1.54) is 0 Å². The standard InChI is InChI=1S/C21H18N4O2/c26-21(18-8-9-23-20(13-18)24-11-10-22-16-24)25(15-19-7-4-12-27-19)14-17-5-2-1-3-6-17/h1-13,16H,14-15H2. The number of furan rings is 1. The highest BCUT2D eigenvalue weighted by Crippen LogP contribution is 2.16. The van der Waals surface area contributed by atoms with Gasteiger partial charge in [-0.1, -0.05) is 30.3 Å². The molecule has 0 N–H and O–H groups in total. The zero-order valence-electron chi connectivity index (χ0n) is 14.6. The molecule has 27 heavy (non-hydrogen) atoms. The van der Waals surface area contributed by atoms with E-state index in [4.69, 9.17) is 4.42 Å². The van der Waals surface area contributed by atoms with Crippen molar-refractivity contribution in [2.24, 2.45) is 0 Å².